The lowest BCUT2D eigenvalue weighted by molar-refractivity contribution is -0.138. The second-order valence-electron chi connectivity index (χ2n) is 7.09. The number of hydrogen-bond acceptors (Lipinski definition) is 6. The van der Waals surface area contributed by atoms with E-state index in [1.165, 1.54) is 24.3 Å². The molecule has 0 amide bonds. The number of hydrogen-bond donors (Lipinski definition) is 4. The number of carbonyl (C=O) groups is 2. The van der Waals surface area contributed by atoms with Crippen molar-refractivity contribution in [3.8, 4) is 0 Å². The van der Waals surface area contributed by atoms with E-state index in [-0.39, 0.29) is 17.1 Å². The number of halogens is 1. The molecule has 0 saturated carbocycles. The van der Waals surface area contributed by atoms with E-state index in [1.54, 1.807) is 12.1 Å². The fraction of sp³-hybridized carbons (Fsp3) is 0.300. The molecule has 4 N–H and O–H groups in total. The number of rotatable bonds is 8. The molecule has 2 aromatic carbocycles. The molecular formula is C20H21FN2O6S. The SMILES string of the molecule is O=C(O)[C@H](Cc1ccc(C(=O)[C@@H]2C[C@@H](O)CN2)cc1)NS(=O)(=O)c1cccc(F)c1. The van der Waals surface area contributed by atoms with Crippen LogP contribution in [0.25, 0.3) is 0 Å². The van der Waals surface area contributed by atoms with E-state index in [2.05, 4.69) is 10.0 Å². The molecule has 1 saturated heterocycles. The molecule has 3 atom stereocenters. The number of ketones is 1. The van der Waals surface area contributed by atoms with Crippen LogP contribution in [0, 0.1) is 5.82 Å². The second kappa shape index (κ2) is 9.00. The quantitative estimate of drug-likeness (QED) is 0.448. The third-order valence-corrected chi connectivity index (χ3v) is 6.27. The predicted molar refractivity (Wildman–Crippen MR) is 105 cm³/mol. The summed E-state index contributed by atoms with van der Waals surface area (Å²) in [6, 6.07) is 8.46. The van der Waals surface area contributed by atoms with Crippen LogP contribution in [0.15, 0.2) is 53.4 Å². The molecule has 1 aliphatic rings. The Morgan fingerprint density at radius 3 is 2.47 bits per heavy atom. The Morgan fingerprint density at radius 2 is 1.90 bits per heavy atom. The van der Waals surface area contributed by atoms with Gasteiger partial charge in [-0.25, -0.2) is 12.8 Å². The highest BCUT2D eigenvalue weighted by molar-refractivity contribution is 7.89. The zero-order valence-corrected chi connectivity index (χ0v) is 16.6. The van der Waals surface area contributed by atoms with Crippen molar-refractivity contribution in [3.63, 3.8) is 0 Å². The standard InChI is InChI=1S/C20H21FN2O6S/c21-14-2-1-3-16(9-14)30(28,29)23-18(20(26)27)8-12-4-6-13(7-5-12)19(25)17-10-15(24)11-22-17/h1-7,9,15,17-18,22-24H,8,10-11H2,(H,26,27)/t15-,17+,18+/m1/s1. The highest BCUT2D eigenvalue weighted by Gasteiger charge is 2.29. The molecule has 0 bridgehead atoms. The van der Waals surface area contributed by atoms with Gasteiger partial charge in [0.05, 0.1) is 17.0 Å². The van der Waals surface area contributed by atoms with Crippen molar-refractivity contribution in [2.75, 3.05) is 6.54 Å². The molecule has 1 heterocycles. The van der Waals surface area contributed by atoms with Gasteiger partial charge in [0, 0.05) is 12.1 Å². The number of sulfonamides is 1. The van der Waals surface area contributed by atoms with Crippen molar-refractivity contribution in [2.24, 2.45) is 0 Å². The maximum Gasteiger partial charge on any atom is 0.322 e. The Bertz CT molecular complexity index is 1040. The molecule has 0 aliphatic carbocycles. The minimum Gasteiger partial charge on any atom is -0.480 e. The Hall–Kier alpha value is -2.66. The summed E-state index contributed by atoms with van der Waals surface area (Å²) >= 11 is 0. The van der Waals surface area contributed by atoms with Gasteiger partial charge >= 0.3 is 5.97 Å². The fourth-order valence-electron chi connectivity index (χ4n) is 3.23. The summed E-state index contributed by atoms with van der Waals surface area (Å²) in [5, 5.41) is 21.9. The molecule has 0 unspecified atom stereocenters. The molecule has 8 nitrogen and oxygen atoms in total. The summed E-state index contributed by atoms with van der Waals surface area (Å²) < 4.78 is 40.2. The summed E-state index contributed by atoms with van der Waals surface area (Å²) in [5.41, 5.74) is 0.901. The van der Waals surface area contributed by atoms with Gasteiger partial charge in [-0.1, -0.05) is 30.3 Å². The summed E-state index contributed by atoms with van der Waals surface area (Å²) in [6.45, 7) is 0.347. The number of aliphatic carboxylic acids is 1. The van der Waals surface area contributed by atoms with E-state index in [4.69, 9.17) is 0 Å². The van der Waals surface area contributed by atoms with Gasteiger partial charge < -0.3 is 15.5 Å². The van der Waals surface area contributed by atoms with Crippen LogP contribution >= 0.6 is 0 Å². The lowest BCUT2D eigenvalue weighted by atomic mass is 9.99. The number of benzene rings is 2. The molecule has 1 aliphatic heterocycles. The van der Waals surface area contributed by atoms with Crippen LogP contribution in [-0.4, -0.2) is 55.1 Å². The van der Waals surface area contributed by atoms with Crippen molar-refractivity contribution in [2.45, 2.75) is 35.9 Å². The van der Waals surface area contributed by atoms with Gasteiger partial charge in [-0.15, -0.1) is 0 Å². The summed E-state index contributed by atoms with van der Waals surface area (Å²) in [4.78, 5) is 23.6. The van der Waals surface area contributed by atoms with Crippen molar-refractivity contribution in [3.05, 3.63) is 65.5 Å². The lowest BCUT2D eigenvalue weighted by Crippen LogP contribution is -2.42. The van der Waals surface area contributed by atoms with Crippen LogP contribution in [0.5, 0.6) is 0 Å². The van der Waals surface area contributed by atoms with E-state index in [1.807, 2.05) is 0 Å². The first-order chi connectivity index (χ1) is 14.2. The van der Waals surface area contributed by atoms with Gasteiger partial charge in [0.25, 0.3) is 0 Å². The van der Waals surface area contributed by atoms with Crippen LogP contribution in [0.2, 0.25) is 0 Å². The number of carboxylic acid groups (broad SMARTS) is 1. The molecule has 10 heteroatoms. The molecular weight excluding hydrogens is 415 g/mol. The van der Waals surface area contributed by atoms with Crippen LogP contribution in [0.1, 0.15) is 22.3 Å². The first-order valence-electron chi connectivity index (χ1n) is 9.21. The van der Waals surface area contributed by atoms with Crippen molar-refractivity contribution in [1.29, 1.82) is 0 Å². The number of β-amino-alcohol motifs (C(OH)–C–C–N with tert-alkyl or cyclic N) is 1. The molecule has 0 aromatic heterocycles. The Labute approximate surface area is 172 Å². The van der Waals surface area contributed by atoms with Crippen LogP contribution in [0.4, 0.5) is 4.39 Å². The number of aliphatic hydroxyl groups excluding tert-OH is 1. The zero-order valence-electron chi connectivity index (χ0n) is 15.8. The summed E-state index contributed by atoms with van der Waals surface area (Å²) in [6.07, 6.45) is -0.414. The first-order valence-corrected chi connectivity index (χ1v) is 10.7. The minimum atomic E-state index is -4.24. The maximum absolute atomic E-state index is 13.3. The van der Waals surface area contributed by atoms with E-state index >= 15 is 0 Å². The average Bonchev–Trinajstić information content (AvgIpc) is 3.13. The average molecular weight is 436 g/mol. The predicted octanol–water partition coefficient (Wildman–Crippen LogP) is 0.705. The largest absolute Gasteiger partial charge is 0.480 e. The maximum atomic E-state index is 13.3. The normalized spacial score (nSPS) is 20.1. The molecule has 2 aromatic rings. The highest BCUT2D eigenvalue weighted by atomic mass is 32.2. The van der Waals surface area contributed by atoms with Gasteiger partial charge in [-0.05, 0) is 36.6 Å². The van der Waals surface area contributed by atoms with E-state index in [0.717, 1.165) is 12.1 Å². The van der Waals surface area contributed by atoms with Crippen molar-refractivity contribution >= 4 is 21.8 Å². The van der Waals surface area contributed by atoms with Gasteiger partial charge in [0.15, 0.2) is 5.78 Å². The topological polar surface area (TPSA) is 133 Å². The molecule has 160 valence electrons. The van der Waals surface area contributed by atoms with Crippen LogP contribution in [-0.2, 0) is 21.2 Å². The summed E-state index contributed by atoms with van der Waals surface area (Å²) in [5.74, 6) is -2.33. The Kier molecular flexibility index (Phi) is 6.61. The minimum absolute atomic E-state index is 0.168. The fourth-order valence-corrected chi connectivity index (χ4v) is 4.45. The number of carboxylic acids is 1. The number of nitrogens with one attached hydrogen (secondary N) is 2. The van der Waals surface area contributed by atoms with Crippen molar-refractivity contribution < 1.29 is 32.6 Å². The smallest absolute Gasteiger partial charge is 0.322 e. The van der Waals surface area contributed by atoms with Gasteiger partial charge in [0.1, 0.15) is 11.9 Å². The molecule has 3 rings (SSSR count). The molecule has 0 radical (unpaired) electrons. The monoisotopic (exact) mass is 436 g/mol. The second-order valence-corrected chi connectivity index (χ2v) is 8.80. The van der Waals surface area contributed by atoms with E-state index in [0.29, 0.717) is 24.1 Å². The number of Topliss-reactive ketones (excluding diaryl/α,β-unsaturated/α-hetero) is 1. The van der Waals surface area contributed by atoms with Gasteiger partial charge in [-0.3, -0.25) is 9.59 Å². The Balaban J connectivity index is 1.71. The third kappa shape index (κ3) is 5.28. The van der Waals surface area contributed by atoms with Gasteiger partial charge in [0.2, 0.25) is 10.0 Å². The van der Waals surface area contributed by atoms with Crippen molar-refractivity contribution in [1.82, 2.24) is 10.0 Å². The molecule has 30 heavy (non-hydrogen) atoms. The van der Waals surface area contributed by atoms with E-state index < -0.39 is 40.0 Å². The third-order valence-electron chi connectivity index (χ3n) is 4.80. The van der Waals surface area contributed by atoms with Gasteiger partial charge in [-0.2, -0.15) is 4.72 Å². The number of carbonyl (C=O) groups excluding carboxylic acids is 1. The Morgan fingerprint density at radius 1 is 1.20 bits per heavy atom. The summed E-state index contributed by atoms with van der Waals surface area (Å²) in [7, 11) is -4.24. The molecule has 1 fully saturated rings. The van der Waals surface area contributed by atoms with E-state index in [9.17, 15) is 32.6 Å². The highest BCUT2D eigenvalue weighted by Crippen LogP contribution is 2.16. The van der Waals surface area contributed by atoms with Crippen LogP contribution in [0.3, 0.4) is 0 Å². The lowest BCUT2D eigenvalue weighted by Gasteiger charge is -2.15. The zero-order chi connectivity index (χ0) is 21.9. The number of aliphatic hydroxyl groups is 1. The first kappa shape index (κ1) is 22.0. The molecule has 0 spiro atoms. The van der Waals surface area contributed by atoms with Crippen LogP contribution < -0.4 is 10.0 Å².